The van der Waals surface area contributed by atoms with Crippen molar-refractivity contribution >= 4 is 43.5 Å². The smallest absolute Gasteiger partial charge is 0.326 e. The number of sulfonamides is 1. The summed E-state index contributed by atoms with van der Waals surface area (Å²) in [5.74, 6) is -1.33. The number of carbonyl (C=O) groups is 2. The molecular weight excluding hydrogens is 498 g/mol. The van der Waals surface area contributed by atoms with E-state index in [0.29, 0.717) is 24.2 Å². The van der Waals surface area contributed by atoms with Gasteiger partial charge in [-0.1, -0.05) is 35.1 Å². The van der Waals surface area contributed by atoms with Crippen LogP contribution >= 0.6 is 11.3 Å². The lowest BCUT2D eigenvalue weighted by atomic mass is 9.99. The predicted octanol–water partition coefficient (Wildman–Crippen LogP) is 3.72. The average molecular weight is 530 g/mol. The Kier molecular flexibility index (Phi) is 7.77. The summed E-state index contributed by atoms with van der Waals surface area (Å²) in [6.45, 7) is 8.27. The van der Waals surface area contributed by atoms with Gasteiger partial charge in [-0.05, 0) is 69.9 Å². The number of nitrogens with zero attached hydrogens (tertiary/aromatic N) is 3. The third-order valence-corrected chi connectivity index (χ3v) is 9.41. The molecule has 0 radical (unpaired) electrons. The van der Waals surface area contributed by atoms with E-state index >= 15 is 0 Å². The van der Waals surface area contributed by atoms with E-state index in [4.69, 9.17) is 4.74 Å². The van der Waals surface area contributed by atoms with Crippen molar-refractivity contribution in [2.45, 2.75) is 52.0 Å². The van der Waals surface area contributed by atoms with Crippen molar-refractivity contribution in [3.05, 3.63) is 57.9 Å². The van der Waals surface area contributed by atoms with Crippen LogP contribution in [-0.4, -0.2) is 48.9 Å². The highest BCUT2D eigenvalue weighted by Gasteiger charge is 2.33. The summed E-state index contributed by atoms with van der Waals surface area (Å²) < 4.78 is 35.6. The molecule has 1 atom stereocenters. The lowest BCUT2D eigenvalue weighted by Crippen LogP contribution is -2.42. The monoisotopic (exact) mass is 529 g/mol. The Hall–Kier alpha value is -2.82. The lowest BCUT2D eigenvalue weighted by Gasteiger charge is -2.30. The summed E-state index contributed by atoms with van der Waals surface area (Å²) >= 11 is 1.35. The van der Waals surface area contributed by atoms with E-state index in [0.717, 1.165) is 26.9 Å². The van der Waals surface area contributed by atoms with E-state index in [1.165, 1.54) is 15.6 Å². The highest BCUT2D eigenvalue weighted by molar-refractivity contribution is 7.89. The van der Waals surface area contributed by atoms with Crippen LogP contribution in [0.25, 0.3) is 10.2 Å². The number of aryl methyl sites for hydroxylation is 3. The normalized spacial score (nSPS) is 17.4. The molecule has 0 N–H and O–H groups in total. The molecule has 1 aromatic heterocycles. The molecule has 36 heavy (non-hydrogen) atoms. The molecular formula is C26H31N3O5S2. The highest BCUT2D eigenvalue weighted by Crippen LogP contribution is 2.26. The molecule has 8 nitrogen and oxygen atoms in total. The molecule has 1 saturated heterocycles. The molecule has 3 aromatic rings. The topological polar surface area (TPSA) is 98.0 Å². The fourth-order valence-corrected chi connectivity index (χ4v) is 7.10. The Morgan fingerprint density at radius 2 is 1.83 bits per heavy atom. The molecule has 4 rings (SSSR count). The first-order chi connectivity index (χ1) is 17.1. The largest absolute Gasteiger partial charge is 0.465 e. The minimum absolute atomic E-state index is 0.0541. The van der Waals surface area contributed by atoms with E-state index in [1.54, 1.807) is 35.8 Å². The Bertz CT molecular complexity index is 1470. The van der Waals surface area contributed by atoms with Gasteiger partial charge in [0.15, 0.2) is 4.80 Å². The number of hydrogen-bond donors (Lipinski definition) is 0. The Morgan fingerprint density at radius 1 is 1.11 bits per heavy atom. The van der Waals surface area contributed by atoms with Crippen molar-refractivity contribution in [3.63, 3.8) is 0 Å². The molecule has 1 fully saturated rings. The number of hydrogen-bond acceptors (Lipinski definition) is 6. The summed E-state index contributed by atoms with van der Waals surface area (Å²) in [5.41, 5.74) is 3.88. The zero-order chi connectivity index (χ0) is 26.0. The Balaban J connectivity index is 1.67. The zero-order valence-corrected chi connectivity index (χ0v) is 22.6. The zero-order valence-electron chi connectivity index (χ0n) is 21.0. The van der Waals surface area contributed by atoms with Crippen LogP contribution in [0.2, 0.25) is 0 Å². The third-order valence-electron chi connectivity index (χ3n) is 6.30. The molecule has 0 spiro atoms. The first-order valence-corrected chi connectivity index (χ1v) is 14.3. The molecule has 2 aromatic carbocycles. The van der Waals surface area contributed by atoms with Crippen LogP contribution in [0.1, 0.15) is 36.5 Å². The van der Waals surface area contributed by atoms with Gasteiger partial charge in [0.05, 0.1) is 27.6 Å². The van der Waals surface area contributed by atoms with Gasteiger partial charge in [-0.25, -0.2) is 8.42 Å². The number of amides is 1. The maximum Gasteiger partial charge on any atom is 0.326 e. The van der Waals surface area contributed by atoms with Crippen LogP contribution in [0.3, 0.4) is 0 Å². The minimum Gasteiger partial charge on any atom is -0.465 e. The van der Waals surface area contributed by atoms with Gasteiger partial charge in [0.2, 0.25) is 10.0 Å². The van der Waals surface area contributed by atoms with E-state index in [-0.39, 0.29) is 30.5 Å². The molecule has 2 heterocycles. The second-order valence-corrected chi connectivity index (χ2v) is 12.1. The second kappa shape index (κ2) is 10.7. The number of fused-ring (bicyclic) bond motifs is 1. The quantitative estimate of drug-likeness (QED) is 0.454. The Labute approximate surface area is 215 Å². The van der Waals surface area contributed by atoms with Crippen LogP contribution in [0.4, 0.5) is 0 Å². The van der Waals surface area contributed by atoms with Crippen molar-refractivity contribution in [1.29, 1.82) is 0 Å². The molecule has 1 aliphatic rings. The fourth-order valence-electron chi connectivity index (χ4n) is 4.49. The van der Waals surface area contributed by atoms with Crippen molar-refractivity contribution in [2.24, 2.45) is 10.9 Å². The number of benzene rings is 2. The molecule has 0 bridgehead atoms. The first-order valence-electron chi connectivity index (χ1n) is 12.0. The van der Waals surface area contributed by atoms with Gasteiger partial charge in [0.1, 0.15) is 6.54 Å². The van der Waals surface area contributed by atoms with Crippen LogP contribution < -0.4 is 4.80 Å². The second-order valence-electron chi connectivity index (χ2n) is 9.17. The molecule has 1 aliphatic heterocycles. The molecule has 0 saturated carbocycles. The van der Waals surface area contributed by atoms with E-state index < -0.39 is 21.9 Å². The predicted molar refractivity (Wildman–Crippen MR) is 139 cm³/mol. The van der Waals surface area contributed by atoms with Crippen molar-refractivity contribution < 1.29 is 22.7 Å². The standard InChI is InChI=1S/C26H31N3O5S2/c1-5-34-23(30)16-29-22-14-18(3)13-19(4)24(22)35-26(29)27-25(31)20-7-6-12-28(15-20)36(32,33)21-10-8-17(2)9-11-21/h8-11,13-14,20H,5-7,12,15-16H2,1-4H3. The fraction of sp³-hybridized carbons (Fsp3) is 0.423. The number of thiazole rings is 1. The van der Waals surface area contributed by atoms with Gasteiger partial charge >= 0.3 is 5.97 Å². The van der Waals surface area contributed by atoms with Gasteiger partial charge < -0.3 is 9.30 Å². The van der Waals surface area contributed by atoms with Crippen molar-refractivity contribution in [2.75, 3.05) is 19.7 Å². The molecule has 192 valence electrons. The first kappa shape index (κ1) is 26.2. The number of rotatable bonds is 6. The number of ether oxygens (including phenoxy) is 1. The van der Waals surface area contributed by atoms with Gasteiger partial charge in [0, 0.05) is 13.1 Å². The van der Waals surface area contributed by atoms with Gasteiger partial charge in [-0.2, -0.15) is 9.30 Å². The van der Waals surface area contributed by atoms with Crippen LogP contribution in [0.5, 0.6) is 0 Å². The average Bonchev–Trinajstić information content (AvgIpc) is 3.16. The van der Waals surface area contributed by atoms with E-state index in [2.05, 4.69) is 4.99 Å². The van der Waals surface area contributed by atoms with Gasteiger partial charge in [-0.3, -0.25) is 9.59 Å². The summed E-state index contributed by atoms with van der Waals surface area (Å²) in [6.07, 6.45) is 1.13. The van der Waals surface area contributed by atoms with Crippen LogP contribution in [-0.2, 0) is 30.9 Å². The van der Waals surface area contributed by atoms with Crippen LogP contribution in [0, 0.1) is 26.7 Å². The third kappa shape index (κ3) is 5.45. The number of esters is 1. The maximum absolute atomic E-state index is 13.3. The van der Waals surface area contributed by atoms with Crippen LogP contribution in [0.15, 0.2) is 46.3 Å². The maximum atomic E-state index is 13.3. The molecule has 1 unspecified atom stereocenters. The number of aromatic nitrogens is 1. The lowest BCUT2D eigenvalue weighted by molar-refractivity contribution is -0.143. The summed E-state index contributed by atoms with van der Waals surface area (Å²) in [4.78, 5) is 30.7. The number of piperidine rings is 1. The summed E-state index contributed by atoms with van der Waals surface area (Å²) in [6, 6.07) is 10.7. The van der Waals surface area contributed by atoms with Crippen molar-refractivity contribution in [3.8, 4) is 0 Å². The number of carbonyl (C=O) groups excluding carboxylic acids is 2. The van der Waals surface area contributed by atoms with E-state index in [9.17, 15) is 18.0 Å². The van der Waals surface area contributed by atoms with Gasteiger partial charge in [-0.15, -0.1) is 0 Å². The summed E-state index contributed by atoms with van der Waals surface area (Å²) in [7, 11) is -3.70. The SMILES string of the molecule is CCOC(=O)Cn1c(=NC(=O)C2CCCN(S(=O)(=O)c3ccc(C)cc3)C2)sc2c(C)cc(C)cc21. The van der Waals surface area contributed by atoms with E-state index in [1.807, 2.05) is 32.9 Å². The molecule has 0 aliphatic carbocycles. The summed E-state index contributed by atoms with van der Waals surface area (Å²) in [5, 5.41) is 0. The van der Waals surface area contributed by atoms with Crippen molar-refractivity contribution in [1.82, 2.24) is 8.87 Å². The highest BCUT2D eigenvalue weighted by atomic mass is 32.2. The van der Waals surface area contributed by atoms with Gasteiger partial charge in [0.25, 0.3) is 5.91 Å². The Morgan fingerprint density at radius 3 is 2.53 bits per heavy atom. The molecule has 1 amide bonds. The molecule has 10 heteroatoms. The minimum atomic E-state index is -3.70.